The molecule has 0 aromatic heterocycles. The topological polar surface area (TPSA) is 62.3 Å². The molecule has 1 aliphatic carbocycles. The van der Waals surface area contributed by atoms with Crippen molar-refractivity contribution in [2.75, 3.05) is 26.2 Å². The monoisotopic (exact) mass is 247 g/mol. The number of alkyl halides is 2. The third kappa shape index (κ3) is 3.35. The zero-order chi connectivity index (χ0) is 12.5. The van der Waals surface area contributed by atoms with Gasteiger partial charge in [0, 0.05) is 32.5 Å². The fourth-order valence-corrected chi connectivity index (χ4v) is 2.62. The molecule has 17 heavy (non-hydrogen) atoms. The molecule has 3 N–H and O–H groups in total. The fraction of sp³-hybridized carbons (Fsp3) is 0.909. The Bertz CT molecular complexity index is 298. The molecular formula is C11H19F2N3O. The van der Waals surface area contributed by atoms with E-state index in [0.717, 1.165) is 6.54 Å². The molecule has 1 saturated heterocycles. The summed E-state index contributed by atoms with van der Waals surface area (Å²) in [5, 5.41) is 7.33. The Morgan fingerprint density at radius 2 is 2.29 bits per heavy atom. The lowest BCUT2D eigenvalue weighted by Gasteiger charge is -2.33. The van der Waals surface area contributed by atoms with E-state index in [1.807, 2.05) is 0 Å². The summed E-state index contributed by atoms with van der Waals surface area (Å²) in [6, 6.07) is 0. The number of morpholine rings is 1. The van der Waals surface area contributed by atoms with Gasteiger partial charge < -0.3 is 10.5 Å². The molecule has 2 atom stereocenters. The number of amidine groups is 1. The summed E-state index contributed by atoms with van der Waals surface area (Å²) in [5.41, 5.74) is 5.39. The van der Waals surface area contributed by atoms with Gasteiger partial charge in [-0.15, -0.1) is 0 Å². The maximum absolute atomic E-state index is 13.1. The molecule has 6 heteroatoms. The van der Waals surface area contributed by atoms with Crippen LogP contribution >= 0.6 is 0 Å². The Hall–Kier alpha value is -0.750. The summed E-state index contributed by atoms with van der Waals surface area (Å²) >= 11 is 0. The van der Waals surface area contributed by atoms with Crippen molar-refractivity contribution in [1.82, 2.24) is 4.90 Å². The van der Waals surface area contributed by atoms with Crippen LogP contribution in [0.3, 0.4) is 0 Å². The molecule has 1 aliphatic heterocycles. The summed E-state index contributed by atoms with van der Waals surface area (Å²) in [4.78, 5) is 2.08. The Kier molecular flexibility index (Phi) is 3.63. The molecule has 2 fully saturated rings. The Balaban J connectivity index is 1.81. The fourth-order valence-electron chi connectivity index (χ4n) is 2.62. The summed E-state index contributed by atoms with van der Waals surface area (Å²) in [6.45, 7) is 2.49. The maximum Gasteiger partial charge on any atom is 0.248 e. The lowest BCUT2D eigenvalue weighted by molar-refractivity contribution is -0.0110. The predicted molar refractivity (Wildman–Crippen MR) is 60.4 cm³/mol. The first-order valence-corrected chi connectivity index (χ1v) is 6.02. The van der Waals surface area contributed by atoms with Crippen molar-refractivity contribution in [2.45, 2.75) is 31.3 Å². The number of rotatable bonds is 3. The number of nitrogens with one attached hydrogen (secondary N) is 1. The van der Waals surface area contributed by atoms with Crippen molar-refractivity contribution in [2.24, 2.45) is 11.7 Å². The highest BCUT2D eigenvalue weighted by molar-refractivity contribution is 5.82. The zero-order valence-corrected chi connectivity index (χ0v) is 9.79. The molecule has 98 valence electrons. The first-order chi connectivity index (χ1) is 7.96. The van der Waals surface area contributed by atoms with Crippen LogP contribution in [0.1, 0.15) is 19.3 Å². The number of ether oxygens (including phenoxy) is 1. The summed E-state index contributed by atoms with van der Waals surface area (Å²) < 4.78 is 31.4. The highest BCUT2D eigenvalue weighted by Crippen LogP contribution is 2.39. The summed E-state index contributed by atoms with van der Waals surface area (Å²) in [5.74, 6) is -2.39. The third-order valence-electron chi connectivity index (χ3n) is 3.52. The van der Waals surface area contributed by atoms with Crippen molar-refractivity contribution in [3.8, 4) is 0 Å². The van der Waals surface area contributed by atoms with E-state index < -0.39 is 5.92 Å². The number of hydrogen-bond acceptors (Lipinski definition) is 3. The highest BCUT2D eigenvalue weighted by Gasteiger charge is 2.40. The number of nitrogens with two attached hydrogens (primary N) is 1. The van der Waals surface area contributed by atoms with Gasteiger partial charge in [-0.3, -0.25) is 10.3 Å². The molecule has 0 aromatic carbocycles. The van der Waals surface area contributed by atoms with Crippen molar-refractivity contribution in [3.63, 3.8) is 0 Å². The molecule has 1 heterocycles. The van der Waals surface area contributed by atoms with Gasteiger partial charge in [-0.25, -0.2) is 8.78 Å². The molecule has 2 unspecified atom stereocenters. The van der Waals surface area contributed by atoms with E-state index in [4.69, 9.17) is 15.9 Å². The summed E-state index contributed by atoms with van der Waals surface area (Å²) in [6.07, 6.45) is 0.230. The van der Waals surface area contributed by atoms with Gasteiger partial charge >= 0.3 is 0 Å². The number of nitrogens with zero attached hydrogens (tertiary/aromatic N) is 1. The van der Waals surface area contributed by atoms with E-state index in [9.17, 15) is 8.78 Å². The smallest absolute Gasteiger partial charge is 0.248 e. The molecule has 2 aliphatic rings. The minimum absolute atomic E-state index is 0.00487. The van der Waals surface area contributed by atoms with E-state index in [0.29, 0.717) is 26.1 Å². The van der Waals surface area contributed by atoms with Crippen molar-refractivity contribution < 1.29 is 13.5 Å². The average Bonchev–Trinajstić information content (AvgIpc) is 2.58. The molecule has 0 amide bonds. The van der Waals surface area contributed by atoms with Gasteiger partial charge in [0.05, 0.1) is 6.61 Å². The van der Waals surface area contributed by atoms with E-state index in [1.54, 1.807) is 0 Å². The van der Waals surface area contributed by atoms with Crippen LogP contribution < -0.4 is 5.73 Å². The van der Waals surface area contributed by atoms with Crippen LogP contribution in [0, 0.1) is 11.3 Å². The molecular weight excluding hydrogens is 228 g/mol. The van der Waals surface area contributed by atoms with Gasteiger partial charge in [-0.1, -0.05) is 0 Å². The quantitative estimate of drug-likeness (QED) is 0.579. The first kappa shape index (κ1) is 12.7. The molecule has 0 bridgehead atoms. The van der Waals surface area contributed by atoms with Gasteiger partial charge in [0.2, 0.25) is 5.92 Å². The second-order valence-corrected chi connectivity index (χ2v) is 5.04. The largest absolute Gasteiger partial charge is 0.385 e. The molecule has 2 rings (SSSR count). The third-order valence-corrected chi connectivity index (χ3v) is 3.52. The minimum Gasteiger partial charge on any atom is -0.385 e. The van der Waals surface area contributed by atoms with Crippen molar-refractivity contribution in [1.29, 1.82) is 5.41 Å². The maximum atomic E-state index is 13.1. The van der Waals surface area contributed by atoms with Gasteiger partial charge in [-0.2, -0.15) is 0 Å². The van der Waals surface area contributed by atoms with Crippen LogP contribution in [0.2, 0.25) is 0 Å². The van der Waals surface area contributed by atoms with Crippen molar-refractivity contribution >= 4 is 5.84 Å². The average molecular weight is 247 g/mol. The normalized spacial score (nSPS) is 33.8. The van der Waals surface area contributed by atoms with Gasteiger partial charge in [0.1, 0.15) is 11.9 Å². The van der Waals surface area contributed by atoms with Gasteiger partial charge in [0.25, 0.3) is 0 Å². The van der Waals surface area contributed by atoms with Crippen LogP contribution in [-0.2, 0) is 4.74 Å². The minimum atomic E-state index is -2.48. The number of halogens is 2. The van der Waals surface area contributed by atoms with E-state index >= 15 is 0 Å². The Labute approximate surface area is 99.6 Å². The van der Waals surface area contributed by atoms with Crippen LogP contribution in [0.15, 0.2) is 0 Å². The molecule has 4 nitrogen and oxygen atoms in total. The lowest BCUT2D eigenvalue weighted by Crippen LogP contribution is -2.49. The zero-order valence-electron chi connectivity index (χ0n) is 9.79. The first-order valence-electron chi connectivity index (χ1n) is 6.02. The van der Waals surface area contributed by atoms with E-state index in [1.165, 1.54) is 0 Å². The SMILES string of the molecule is N=C(N)C1CN(CC2CCC(F)(F)C2)CCO1. The van der Waals surface area contributed by atoms with Crippen LogP contribution in [-0.4, -0.2) is 49.0 Å². The van der Waals surface area contributed by atoms with Crippen LogP contribution in [0.5, 0.6) is 0 Å². The van der Waals surface area contributed by atoms with Crippen molar-refractivity contribution in [3.05, 3.63) is 0 Å². The summed E-state index contributed by atoms with van der Waals surface area (Å²) in [7, 11) is 0. The van der Waals surface area contributed by atoms with Gasteiger partial charge in [0.15, 0.2) is 0 Å². The second kappa shape index (κ2) is 4.86. The Morgan fingerprint density at radius 3 is 2.88 bits per heavy atom. The number of hydrogen-bond donors (Lipinski definition) is 2. The standard InChI is InChI=1S/C11H19F2N3O/c12-11(13)2-1-8(5-11)6-16-3-4-17-9(7-16)10(14)15/h8-9H,1-7H2,(H3,14,15). The molecule has 0 aromatic rings. The Morgan fingerprint density at radius 1 is 1.53 bits per heavy atom. The van der Waals surface area contributed by atoms with E-state index in [-0.39, 0.29) is 30.7 Å². The second-order valence-electron chi connectivity index (χ2n) is 5.04. The van der Waals surface area contributed by atoms with E-state index in [2.05, 4.69) is 4.90 Å². The van der Waals surface area contributed by atoms with Crippen LogP contribution in [0.25, 0.3) is 0 Å². The lowest BCUT2D eigenvalue weighted by atomic mass is 10.1. The predicted octanol–water partition coefficient (Wildman–Crippen LogP) is 1.06. The van der Waals surface area contributed by atoms with Gasteiger partial charge in [-0.05, 0) is 12.3 Å². The van der Waals surface area contributed by atoms with Crippen LogP contribution in [0.4, 0.5) is 8.78 Å². The highest BCUT2D eigenvalue weighted by atomic mass is 19.3. The molecule has 1 saturated carbocycles. The molecule has 0 spiro atoms. The molecule has 0 radical (unpaired) electrons.